The summed E-state index contributed by atoms with van der Waals surface area (Å²) in [6.07, 6.45) is 2.58. The fraction of sp³-hybridized carbons (Fsp3) is 0.455. The van der Waals surface area contributed by atoms with Gasteiger partial charge in [0.2, 0.25) is 11.9 Å². The summed E-state index contributed by atoms with van der Waals surface area (Å²) in [6.45, 7) is 8.16. The number of aromatic nitrogens is 3. The smallest absolute Gasteiger partial charge is 0.407 e. The zero-order valence-electron chi connectivity index (χ0n) is 27.6. The van der Waals surface area contributed by atoms with E-state index in [0.29, 0.717) is 38.5 Å². The van der Waals surface area contributed by atoms with Gasteiger partial charge in [0.1, 0.15) is 23.1 Å². The molecule has 2 aromatic carbocycles. The van der Waals surface area contributed by atoms with E-state index >= 15 is 0 Å². The van der Waals surface area contributed by atoms with Gasteiger partial charge in [0.05, 0.1) is 31.9 Å². The van der Waals surface area contributed by atoms with Gasteiger partial charge in [-0.25, -0.2) is 9.59 Å². The lowest BCUT2D eigenvalue weighted by Gasteiger charge is -2.21. The molecule has 1 aromatic heterocycles. The molecule has 0 radical (unpaired) electrons. The van der Waals surface area contributed by atoms with Crippen molar-refractivity contribution in [3.05, 3.63) is 53.6 Å². The van der Waals surface area contributed by atoms with Crippen LogP contribution in [0.3, 0.4) is 0 Å². The molecule has 48 heavy (non-hydrogen) atoms. The van der Waals surface area contributed by atoms with Crippen LogP contribution >= 0.6 is 0 Å². The minimum Gasteiger partial charge on any atom is -0.494 e. The summed E-state index contributed by atoms with van der Waals surface area (Å²) in [6, 6.07) is 11.2. The molecular weight excluding hydrogens is 622 g/mol. The van der Waals surface area contributed by atoms with Crippen molar-refractivity contribution in [1.29, 1.82) is 0 Å². The Morgan fingerprint density at radius 2 is 1.67 bits per heavy atom. The first-order chi connectivity index (χ1) is 23.0. The number of carboxylic acids is 1. The molecule has 5 N–H and O–H groups in total. The summed E-state index contributed by atoms with van der Waals surface area (Å²) in [5, 5.41) is 20.9. The third-order valence-corrected chi connectivity index (χ3v) is 6.76. The van der Waals surface area contributed by atoms with Crippen molar-refractivity contribution in [1.82, 2.24) is 25.6 Å². The van der Waals surface area contributed by atoms with Crippen LogP contribution in [0.25, 0.3) is 0 Å². The Bertz CT molecular complexity index is 1550. The number of carbonyl (C=O) groups is 3. The monoisotopic (exact) mass is 665 g/mol. The quantitative estimate of drug-likeness (QED) is 0.234. The van der Waals surface area contributed by atoms with Gasteiger partial charge in [0, 0.05) is 18.3 Å². The Labute approximate surface area is 279 Å². The van der Waals surface area contributed by atoms with Crippen molar-refractivity contribution in [2.45, 2.75) is 71.6 Å². The topological polar surface area (TPSA) is 195 Å². The number of amides is 2. The van der Waals surface area contributed by atoms with Crippen LogP contribution in [0.4, 0.5) is 22.4 Å². The number of hydrogen-bond donors (Lipinski definition) is 5. The number of ether oxygens (including phenoxy) is 4. The SMILES string of the molecule is CCOc1nc2nc(n1)Nc1ccc(C(=O)N[C@@H](CNC(=O)OC(C)(C)C)C(=O)O)c(c1)OCCCCCCOc1ccc(cc1)CN2. The molecule has 0 unspecified atom stereocenters. The van der Waals surface area contributed by atoms with Gasteiger partial charge in [-0.1, -0.05) is 12.1 Å². The maximum Gasteiger partial charge on any atom is 0.407 e. The molecule has 6 bridgehead atoms. The summed E-state index contributed by atoms with van der Waals surface area (Å²) in [5.74, 6) is -0.554. The maximum absolute atomic E-state index is 13.4. The van der Waals surface area contributed by atoms with Crippen LogP contribution in [0.5, 0.6) is 17.5 Å². The first-order valence-electron chi connectivity index (χ1n) is 15.9. The van der Waals surface area contributed by atoms with Gasteiger partial charge in [-0.3, -0.25) is 4.79 Å². The van der Waals surface area contributed by atoms with Crippen molar-refractivity contribution in [2.24, 2.45) is 0 Å². The number of nitrogens with zero attached hydrogens (tertiary/aromatic N) is 3. The van der Waals surface area contributed by atoms with Crippen molar-refractivity contribution >= 4 is 35.6 Å². The molecule has 0 spiro atoms. The fourth-order valence-electron chi connectivity index (χ4n) is 4.47. The van der Waals surface area contributed by atoms with Gasteiger partial charge in [-0.05, 0) is 83.2 Å². The molecule has 258 valence electrons. The number of carbonyl (C=O) groups excluding carboxylic acids is 2. The second-order valence-electron chi connectivity index (χ2n) is 11.9. The van der Waals surface area contributed by atoms with Gasteiger partial charge < -0.3 is 45.3 Å². The lowest BCUT2D eigenvalue weighted by molar-refractivity contribution is -0.139. The number of carboxylic acid groups (broad SMARTS) is 1. The van der Waals surface area contributed by atoms with Crippen LogP contribution in [-0.2, 0) is 16.1 Å². The lowest BCUT2D eigenvalue weighted by atomic mass is 10.1. The highest BCUT2D eigenvalue weighted by Gasteiger charge is 2.25. The molecule has 1 atom stereocenters. The Kier molecular flexibility index (Phi) is 12.6. The Balaban J connectivity index is 1.56. The van der Waals surface area contributed by atoms with Crippen molar-refractivity contribution in [3.8, 4) is 17.5 Å². The lowest BCUT2D eigenvalue weighted by Crippen LogP contribution is -2.49. The van der Waals surface area contributed by atoms with E-state index in [0.717, 1.165) is 30.6 Å². The maximum atomic E-state index is 13.4. The van der Waals surface area contributed by atoms with E-state index < -0.39 is 36.2 Å². The van der Waals surface area contributed by atoms with E-state index in [2.05, 4.69) is 36.2 Å². The van der Waals surface area contributed by atoms with E-state index in [1.54, 1.807) is 32.9 Å². The molecule has 3 aromatic rings. The van der Waals surface area contributed by atoms with Gasteiger partial charge in [0.25, 0.3) is 5.91 Å². The molecule has 0 saturated heterocycles. The van der Waals surface area contributed by atoms with Crippen molar-refractivity contribution in [3.63, 3.8) is 0 Å². The second kappa shape index (κ2) is 17.0. The third-order valence-electron chi connectivity index (χ3n) is 6.76. The van der Waals surface area contributed by atoms with Gasteiger partial charge in [0.15, 0.2) is 0 Å². The molecule has 0 aliphatic carbocycles. The zero-order chi connectivity index (χ0) is 34.5. The average molecular weight is 666 g/mol. The molecule has 2 aliphatic heterocycles. The van der Waals surface area contributed by atoms with E-state index in [4.69, 9.17) is 18.9 Å². The summed E-state index contributed by atoms with van der Waals surface area (Å²) in [7, 11) is 0. The number of alkyl carbamates (subject to hydrolysis) is 1. The van der Waals surface area contributed by atoms with E-state index in [-0.39, 0.29) is 29.2 Å². The molecule has 2 aliphatic rings. The largest absolute Gasteiger partial charge is 0.494 e. The van der Waals surface area contributed by atoms with Gasteiger partial charge in [-0.2, -0.15) is 15.0 Å². The number of anilines is 3. The average Bonchev–Trinajstić information content (AvgIpc) is 3.02. The van der Waals surface area contributed by atoms with Crippen LogP contribution in [-0.4, -0.2) is 76.0 Å². The Hall–Kier alpha value is -5.34. The summed E-state index contributed by atoms with van der Waals surface area (Å²) < 4.78 is 22.7. The molecule has 15 nitrogen and oxygen atoms in total. The first-order valence-corrected chi connectivity index (χ1v) is 15.9. The molecule has 0 fully saturated rings. The Morgan fingerprint density at radius 1 is 0.958 bits per heavy atom. The standard InChI is InChI=1S/C33H43N7O8/c1-5-45-31-39-29-34-19-21-10-13-23(14-11-21)46-16-8-6-7-9-17-47-26-18-22(36-30(38-29)40-31)12-15-24(26)27(41)37-25(28(42)43)20-35-32(44)48-33(2,3)4/h10-15,18,25H,5-9,16-17,19-20H2,1-4H3,(H,35,44)(H,37,41)(H,42,43)(H2,34,36,38,39,40)/t25-/m0/s1. The normalized spacial score (nSPS) is 14.3. The summed E-state index contributed by atoms with van der Waals surface area (Å²) in [4.78, 5) is 50.6. The third kappa shape index (κ3) is 11.5. The van der Waals surface area contributed by atoms with Crippen LogP contribution in [0.2, 0.25) is 0 Å². The molecule has 2 amide bonds. The summed E-state index contributed by atoms with van der Waals surface area (Å²) in [5.41, 5.74) is 0.837. The first kappa shape index (κ1) is 35.5. The van der Waals surface area contributed by atoms with Crippen LogP contribution < -0.4 is 35.5 Å². The number of aliphatic carboxylic acids is 1. The van der Waals surface area contributed by atoms with Crippen molar-refractivity contribution in [2.75, 3.05) is 37.0 Å². The highest BCUT2D eigenvalue weighted by Crippen LogP contribution is 2.27. The predicted molar refractivity (Wildman–Crippen MR) is 177 cm³/mol. The van der Waals surface area contributed by atoms with Crippen LogP contribution in [0, 0.1) is 0 Å². The number of nitrogens with one attached hydrogen (secondary N) is 4. The predicted octanol–water partition coefficient (Wildman–Crippen LogP) is 4.67. The van der Waals surface area contributed by atoms with E-state index in [1.165, 1.54) is 6.07 Å². The zero-order valence-corrected chi connectivity index (χ0v) is 27.6. The van der Waals surface area contributed by atoms with E-state index in [9.17, 15) is 19.5 Å². The molecule has 15 heteroatoms. The summed E-state index contributed by atoms with van der Waals surface area (Å²) >= 11 is 0. The van der Waals surface area contributed by atoms with Crippen LogP contribution in [0.1, 0.15) is 69.3 Å². The minimum absolute atomic E-state index is 0.105. The van der Waals surface area contributed by atoms with Crippen LogP contribution in [0.15, 0.2) is 42.5 Å². The van der Waals surface area contributed by atoms with Gasteiger partial charge in [-0.15, -0.1) is 0 Å². The molecule has 0 saturated carbocycles. The Morgan fingerprint density at radius 3 is 2.35 bits per heavy atom. The van der Waals surface area contributed by atoms with Crippen molar-refractivity contribution < 1.29 is 38.4 Å². The highest BCUT2D eigenvalue weighted by atomic mass is 16.6. The van der Waals surface area contributed by atoms with E-state index in [1.807, 2.05) is 31.2 Å². The molecular formula is C33H43N7O8. The number of benzene rings is 2. The molecule has 5 rings (SSSR count). The van der Waals surface area contributed by atoms with Gasteiger partial charge >= 0.3 is 18.1 Å². The number of hydrogen-bond acceptors (Lipinski definition) is 12. The number of fused-ring (bicyclic) bond motifs is 10. The second-order valence-corrected chi connectivity index (χ2v) is 11.9. The number of rotatable bonds is 7. The molecule has 3 heterocycles. The minimum atomic E-state index is -1.43. The fourth-order valence-corrected chi connectivity index (χ4v) is 4.47. The highest BCUT2D eigenvalue weighted by molar-refractivity contribution is 5.99.